The van der Waals surface area contributed by atoms with Crippen LogP contribution >= 0.6 is 11.8 Å². The van der Waals surface area contributed by atoms with Crippen LogP contribution in [0, 0.1) is 13.8 Å². The van der Waals surface area contributed by atoms with Crippen molar-refractivity contribution in [3.63, 3.8) is 0 Å². The summed E-state index contributed by atoms with van der Waals surface area (Å²) in [7, 11) is 1.60. The Bertz CT molecular complexity index is 1250. The third kappa shape index (κ3) is 5.62. The monoisotopic (exact) mass is 458 g/mol. The van der Waals surface area contributed by atoms with Gasteiger partial charge >= 0.3 is 0 Å². The molecule has 1 aromatic heterocycles. The molecule has 3 aromatic carbocycles. The summed E-state index contributed by atoms with van der Waals surface area (Å²) in [6.07, 6.45) is 0. The first-order valence-electron chi connectivity index (χ1n) is 10.7. The fourth-order valence-electron chi connectivity index (χ4n) is 3.49. The van der Waals surface area contributed by atoms with Crippen molar-refractivity contribution in [2.75, 3.05) is 7.11 Å². The number of carbonyl (C=O) groups excluding carboxylic acids is 1. The molecule has 1 N–H and O–H groups in total. The van der Waals surface area contributed by atoms with Crippen molar-refractivity contribution >= 4 is 17.7 Å². The number of benzene rings is 3. The van der Waals surface area contributed by atoms with Gasteiger partial charge in [-0.3, -0.25) is 9.36 Å². The predicted molar refractivity (Wildman–Crippen MR) is 131 cm³/mol. The fourth-order valence-corrected chi connectivity index (χ4v) is 4.40. The van der Waals surface area contributed by atoms with E-state index in [0.29, 0.717) is 17.1 Å². The Morgan fingerprint density at radius 2 is 1.70 bits per heavy atom. The van der Waals surface area contributed by atoms with Crippen molar-refractivity contribution in [2.24, 2.45) is 0 Å². The molecule has 4 aromatic rings. The minimum atomic E-state index is -0.176. The largest absolute Gasteiger partial charge is 0.497 e. The van der Waals surface area contributed by atoms with E-state index in [0.717, 1.165) is 22.2 Å². The number of ether oxygens (including phenoxy) is 1. The third-order valence-electron chi connectivity index (χ3n) is 5.17. The highest BCUT2D eigenvalue weighted by Crippen LogP contribution is 2.26. The summed E-state index contributed by atoms with van der Waals surface area (Å²) in [5, 5.41) is 12.6. The van der Waals surface area contributed by atoms with Crippen LogP contribution in [-0.4, -0.2) is 27.8 Å². The van der Waals surface area contributed by atoms with Gasteiger partial charge in [-0.1, -0.05) is 53.7 Å². The molecule has 0 atom stereocenters. The van der Waals surface area contributed by atoms with E-state index in [-0.39, 0.29) is 12.5 Å². The molecule has 0 saturated heterocycles. The van der Waals surface area contributed by atoms with Crippen molar-refractivity contribution < 1.29 is 9.53 Å². The van der Waals surface area contributed by atoms with Crippen molar-refractivity contribution in [3.05, 3.63) is 101 Å². The number of nitrogens with zero attached hydrogens (tertiary/aromatic N) is 3. The Balaban J connectivity index is 1.55. The van der Waals surface area contributed by atoms with Crippen molar-refractivity contribution in [1.29, 1.82) is 0 Å². The number of carbonyl (C=O) groups is 1. The highest BCUT2D eigenvalue weighted by atomic mass is 32.2. The lowest BCUT2D eigenvalue weighted by Crippen LogP contribution is -2.24. The second-order valence-corrected chi connectivity index (χ2v) is 8.70. The van der Waals surface area contributed by atoms with Crippen LogP contribution in [0.5, 0.6) is 5.75 Å². The van der Waals surface area contributed by atoms with Gasteiger partial charge in [-0.15, -0.1) is 10.2 Å². The first-order chi connectivity index (χ1) is 16.0. The van der Waals surface area contributed by atoms with Crippen LogP contribution in [0.3, 0.4) is 0 Å². The minimum Gasteiger partial charge on any atom is -0.497 e. The first kappa shape index (κ1) is 22.6. The third-order valence-corrected chi connectivity index (χ3v) is 6.17. The fraction of sp³-hybridized carbons (Fsp3) is 0.192. The number of thioether (sulfide) groups is 1. The van der Waals surface area contributed by atoms with Gasteiger partial charge in [0.05, 0.1) is 13.7 Å². The lowest BCUT2D eigenvalue weighted by molar-refractivity contribution is 0.0949. The Kier molecular flexibility index (Phi) is 7.10. The van der Waals surface area contributed by atoms with Crippen molar-refractivity contribution in [3.8, 4) is 11.4 Å². The van der Waals surface area contributed by atoms with Gasteiger partial charge in [-0.25, -0.2) is 0 Å². The SMILES string of the molecule is COc1ccc(C(=O)NCc2nnc(SCc3cccc(C)c3)n2-c2cccc(C)c2)cc1. The van der Waals surface area contributed by atoms with E-state index in [1.807, 2.05) is 16.7 Å². The number of methoxy groups -OCH3 is 1. The molecule has 0 radical (unpaired) electrons. The number of hydrogen-bond acceptors (Lipinski definition) is 5. The lowest BCUT2D eigenvalue weighted by atomic mass is 10.2. The standard InChI is InChI=1S/C26H26N4O2S/c1-18-6-4-8-20(14-18)17-33-26-29-28-24(30(26)22-9-5-7-19(2)15-22)16-27-25(31)21-10-12-23(32-3)13-11-21/h4-15H,16-17H2,1-3H3,(H,27,31). The molecule has 0 aliphatic carbocycles. The number of nitrogens with one attached hydrogen (secondary N) is 1. The second-order valence-electron chi connectivity index (χ2n) is 7.76. The lowest BCUT2D eigenvalue weighted by Gasteiger charge is -2.12. The zero-order valence-electron chi connectivity index (χ0n) is 18.9. The molecule has 1 amide bonds. The molecular formula is C26H26N4O2S. The maximum absolute atomic E-state index is 12.7. The van der Waals surface area contributed by atoms with Crippen molar-refractivity contribution in [2.45, 2.75) is 31.3 Å². The van der Waals surface area contributed by atoms with Gasteiger partial charge in [0.15, 0.2) is 11.0 Å². The predicted octanol–water partition coefficient (Wildman–Crippen LogP) is 5.12. The van der Waals surface area contributed by atoms with Crippen LogP contribution < -0.4 is 10.1 Å². The maximum atomic E-state index is 12.7. The first-order valence-corrected chi connectivity index (χ1v) is 11.6. The van der Waals surface area contributed by atoms with Crippen LogP contribution in [0.4, 0.5) is 0 Å². The topological polar surface area (TPSA) is 69.0 Å². The molecule has 7 heteroatoms. The van der Waals surface area contributed by atoms with Gasteiger partial charge in [0.25, 0.3) is 5.91 Å². The van der Waals surface area contributed by atoms with E-state index in [2.05, 4.69) is 65.8 Å². The van der Waals surface area contributed by atoms with E-state index in [9.17, 15) is 4.79 Å². The van der Waals surface area contributed by atoms with Crippen LogP contribution in [0.25, 0.3) is 5.69 Å². The summed E-state index contributed by atoms with van der Waals surface area (Å²) < 4.78 is 7.18. The van der Waals surface area contributed by atoms with Crippen LogP contribution in [0.2, 0.25) is 0 Å². The smallest absolute Gasteiger partial charge is 0.251 e. The van der Waals surface area contributed by atoms with Crippen LogP contribution in [-0.2, 0) is 12.3 Å². The summed E-state index contributed by atoms with van der Waals surface area (Å²) in [6, 6.07) is 23.7. The summed E-state index contributed by atoms with van der Waals surface area (Å²) in [5.74, 6) is 1.99. The van der Waals surface area contributed by atoms with Crippen LogP contribution in [0.15, 0.2) is 78.0 Å². The normalized spacial score (nSPS) is 10.8. The average molecular weight is 459 g/mol. The highest BCUT2D eigenvalue weighted by Gasteiger charge is 2.16. The quantitative estimate of drug-likeness (QED) is 0.371. The summed E-state index contributed by atoms with van der Waals surface area (Å²) in [6.45, 7) is 4.41. The molecule has 6 nitrogen and oxygen atoms in total. The van der Waals surface area contributed by atoms with Gasteiger partial charge in [-0.2, -0.15) is 0 Å². The zero-order valence-corrected chi connectivity index (χ0v) is 19.7. The molecule has 1 heterocycles. The summed E-state index contributed by atoms with van der Waals surface area (Å²) in [4.78, 5) is 12.7. The van der Waals surface area contributed by atoms with E-state index < -0.39 is 0 Å². The summed E-state index contributed by atoms with van der Waals surface area (Å²) >= 11 is 1.63. The van der Waals surface area contributed by atoms with E-state index in [1.165, 1.54) is 11.1 Å². The number of aryl methyl sites for hydroxylation is 2. The zero-order chi connectivity index (χ0) is 23.2. The number of aromatic nitrogens is 3. The molecule has 33 heavy (non-hydrogen) atoms. The van der Waals surface area contributed by atoms with Gasteiger partial charge in [-0.05, 0) is 61.4 Å². The Morgan fingerprint density at radius 3 is 2.39 bits per heavy atom. The number of hydrogen-bond donors (Lipinski definition) is 1. The van der Waals surface area contributed by atoms with Gasteiger partial charge in [0.1, 0.15) is 5.75 Å². The molecule has 0 spiro atoms. The highest BCUT2D eigenvalue weighted by molar-refractivity contribution is 7.98. The number of amides is 1. The molecule has 168 valence electrons. The van der Waals surface area contributed by atoms with E-state index in [1.54, 1.807) is 43.1 Å². The molecule has 0 aliphatic heterocycles. The van der Waals surface area contributed by atoms with Gasteiger partial charge in [0, 0.05) is 17.0 Å². The molecule has 0 bridgehead atoms. The maximum Gasteiger partial charge on any atom is 0.251 e. The number of rotatable bonds is 8. The van der Waals surface area contributed by atoms with E-state index >= 15 is 0 Å². The minimum absolute atomic E-state index is 0.176. The molecule has 0 unspecified atom stereocenters. The Labute approximate surface area is 198 Å². The molecular weight excluding hydrogens is 432 g/mol. The molecule has 0 saturated carbocycles. The second kappa shape index (κ2) is 10.4. The Morgan fingerprint density at radius 1 is 0.970 bits per heavy atom. The summed E-state index contributed by atoms with van der Waals surface area (Å²) in [5.41, 5.74) is 5.14. The molecule has 0 fully saturated rings. The Hall–Kier alpha value is -3.58. The molecule has 0 aliphatic rings. The van der Waals surface area contributed by atoms with Gasteiger partial charge in [0.2, 0.25) is 0 Å². The van der Waals surface area contributed by atoms with Gasteiger partial charge < -0.3 is 10.1 Å². The molecule has 4 rings (SSSR count). The van der Waals surface area contributed by atoms with E-state index in [4.69, 9.17) is 4.74 Å². The van der Waals surface area contributed by atoms with Crippen molar-refractivity contribution in [1.82, 2.24) is 20.1 Å². The van der Waals surface area contributed by atoms with Crippen LogP contribution in [0.1, 0.15) is 32.9 Å². The average Bonchev–Trinajstić information content (AvgIpc) is 3.24.